The van der Waals surface area contributed by atoms with Crippen LogP contribution in [-0.4, -0.2) is 41.3 Å². The van der Waals surface area contributed by atoms with E-state index >= 15 is 0 Å². The lowest BCUT2D eigenvalue weighted by Crippen LogP contribution is -2.57. The van der Waals surface area contributed by atoms with E-state index in [9.17, 15) is 19.5 Å². The number of carbonyl (C=O) groups is 3. The smallest absolute Gasteiger partial charge is 0.316 e. The molecule has 3 unspecified atom stereocenters. The maximum atomic E-state index is 13.0. The van der Waals surface area contributed by atoms with Gasteiger partial charge in [-0.25, -0.2) is 0 Å². The quantitative estimate of drug-likeness (QED) is 0.234. The van der Waals surface area contributed by atoms with Crippen LogP contribution in [0.4, 0.5) is 0 Å². The predicted molar refractivity (Wildman–Crippen MR) is 124 cm³/mol. The van der Waals surface area contributed by atoms with E-state index < -0.39 is 58.2 Å². The van der Waals surface area contributed by atoms with Crippen molar-refractivity contribution < 1.29 is 24.2 Å². The molecule has 0 rings (SSSR count). The molecule has 0 spiro atoms. The summed E-state index contributed by atoms with van der Waals surface area (Å²) in [6.45, 7) is 3.67. The number of carbonyl (C=O) groups excluding carboxylic acids is 2. The first-order valence-corrected chi connectivity index (χ1v) is 11.5. The summed E-state index contributed by atoms with van der Waals surface area (Å²) in [5, 5.41) is 9.80. The second-order valence-corrected chi connectivity index (χ2v) is 13.9. The molecule has 3 atom stereocenters. The first-order chi connectivity index (χ1) is 13.1. The Morgan fingerprint density at radius 3 is 1.40 bits per heavy atom. The molecule has 0 bridgehead atoms. The van der Waals surface area contributed by atoms with Crippen LogP contribution in [0.25, 0.3) is 0 Å². The second kappa shape index (κ2) is 10.2. The van der Waals surface area contributed by atoms with Gasteiger partial charge in [-0.2, -0.15) is 0 Å². The van der Waals surface area contributed by atoms with Crippen LogP contribution < -0.4 is 0 Å². The van der Waals surface area contributed by atoms with Gasteiger partial charge in [-0.15, -0.1) is 0 Å². The van der Waals surface area contributed by atoms with Crippen LogP contribution in [0.15, 0.2) is 0 Å². The fraction of sp³-hybridized carbons (Fsp3) is 0.812. The minimum atomic E-state index is -2.57. The van der Waals surface area contributed by atoms with Gasteiger partial charge in [-0.3, -0.25) is 14.4 Å². The topological polar surface area (TPSA) is 80.7 Å². The summed E-state index contributed by atoms with van der Waals surface area (Å²) in [5.74, 6) is -3.47. The zero-order valence-electron chi connectivity index (χ0n) is 16.1. The number of halogens is 9. The summed E-state index contributed by atoms with van der Waals surface area (Å²) in [6.07, 6.45) is -1.73. The van der Waals surface area contributed by atoms with E-state index in [2.05, 4.69) is 0 Å². The van der Waals surface area contributed by atoms with E-state index in [1.807, 2.05) is 0 Å². The SMILES string of the molecule is CCC(CC(CC(C)(C(=O)O)C(Cl)(Cl)Cl)(C(=O)OC)C(Cl)(Cl)Cl)(C(C)=O)C(Cl)(Cl)Cl. The van der Waals surface area contributed by atoms with Crippen LogP contribution >= 0.6 is 104 Å². The molecule has 1 N–H and O–H groups in total. The molecule has 0 heterocycles. The van der Waals surface area contributed by atoms with Gasteiger partial charge in [0, 0.05) is 0 Å². The lowest BCUT2D eigenvalue weighted by molar-refractivity contribution is -0.162. The molecule has 0 aliphatic carbocycles. The Kier molecular flexibility index (Phi) is 10.6. The number of rotatable bonds is 8. The van der Waals surface area contributed by atoms with Crippen molar-refractivity contribution in [1.29, 1.82) is 0 Å². The average molecular weight is 610 g/mol. The molecule has 0 aliphatic heterocycles. The van der Waals surface area contributed by atoms with E-state index in [0.717, 1.165) is 21.0 Å². The largest absolute Gasteiger partial charge is 0.481 e. The van der Waals surface area contributed by atoms with Crippen molar-refractivity contribution in [1.82, 2.24) is 0 Å². The fourth-order valence-corrected chi connectivity index (χ4v) is 5.21. The lowest BCUT2D eigenvalue weighted by atomic mass is 9.63. The third kappa shape index (κ3) is 5.82. The van der Waals surface area contributed by atoms with Crippen LogP contribution in [0.2, 0.25) is 0 Å². The van der Waals surface area contributed by atoms with Crippen molar-refractivity contribution >= 4 is 122 Å². The first-order valence-electron chi connectivity index (χ1n) is 8.12. The Balaban J connectivity index is 7.25. The number of Topliss-reactive ketones (excluding diaryl/α,β-unsaturated/α-hetero) is 1. The summed E-state index contributed by atoms with van der Waals surface area (Å²) < 4.78 is -2.51. The highest BCUT2D eigenvalue weighted by Gasteiger charge is 2.68. The predicted octanol–water partition coefficient (Wildman–Crippen LogP) is 7.11. The number of carboxylic acid groups (broad SMARTS) is 1. The van der Waals surface area contributed by atoms with E-state index in [1.165, 1.54) is 6.92 Å². The lowest BCUT2D eigenvalue weighted by Gasteiger charge is -2.49. The van der Waals surface area contributed by atoms with Gasteiger partial charge in [0.2, 0.25) is 11.4 Å². The Morgan fingerprint density at radius 2 is 1.20 bits per heavy atom. The van der Waals surface area contributed by atoms with Crippen LogP contribution in [0.3, 0.4) is 0 Å². The van der Waals surface area contributed by atoms with Crippen molar-refractivity contribution in [2.45, 2.75) is 51.4 Å². The average Bonchev–Trinajstić information content (AvgIpc) is 2.53. The number of carboxylic acids is 1. The highest BCUT2D eigenvalue weighted by Crippen LogP contribution is 2.64. The van der Waals surface area contributed by atoms with Gasteiger partial charge in [0.05, 0.1) is 12.5 Å². The molecule has 0 aromatic rings. The van der Waals surface area contributed by atoms with Gasteiger partial charge in [-0.1, -0.05) is 111 Å². The van der Waals surface area contributed by atoms with Gasteiger partial charge in [-0.05, 0) is 33.1 Å². The van der Waals surface area contributed by atoms with Crippen LogP contribution in [0.5, 0.6) is 0 Å². The number of ether oxygens (including phenoxy) is 1. The number of ketones is 1. The van der Waals surface area contributed by atoms with Gasteiger partial charge in [0.25, 0.3) is 0 Å². The molecule has 0 amide bonds. The van der Waals surface area contributed by atoms with Crippen LogP contribution in [0.1, 0.15) is 40.0 Å². The Hall–Kier alpha value is 1.22. The Bertz CT molecular complexity index is 682. The number of esters is 1. The maximum Gasteiger partial charge on any atom is 0.316 e. The Labute approximate surface area is 219 Å². The monoisotopic (exact) mass is 606 g/mol. The van der Waals surface area contributed by atoms with Gasteiger partial charge in [0.1, 0.15) is 16.6 Å². The molecular formula is C16H19Cl9O5. The summed E-state index contributed by atoms with van der Waals surface area (Å²) in [5.41, 5.74) is -6.56. The van der Waals surface area contributed by atoms with Crippen molar-refractivity contribution in [2.24, 2.45) is 16.2 Å². The minimum Gasteiger partial charge on any atom is -0.481 e. The number of methoxy groups -OCH3 is 1. The molecule has 0 fully saturated rings. The standard InChI is InChI=1S/C16H19Cl9O5/c1-5-12(8(2)26,15(20,21)22)7-13(10(29)30-4,16(23,24)25)6-11(3,9(27)28)14(17,18)19/h5-7H2,1-4H3,(H,27,28). The molecule has 0 saturated carbocycles. The fourth-order valence-electron chi connectivity index (χ4n) is 3.13. The molecule has 14 heteroatoms. The molecule has 0 aliphatic rings. The zero-order chi connectivity index (χ0) is 24.6. The molecule has 0 radical (unpaired) electrons. The first kappa shape index (κ1) is 31.2. The van der Waals surface area contributed by atoms with E-state index in [4.69, 9.17) is 109 Å². The number of alkyl halides is 9. The zero-order valence-corrected chi connectivity index (χ0v) is 22.9. The van der Waals surface area contributed by atoms with Crippen molar-refractivity contribution in [2.75, 3.05) is 7.11 Å². The molecule has 30 heavy (non-hydrogen) atoms. The highest BCUT2D eigenvalue weighted by molar-refractivity contribution is 6.70. The molecule has 0 aromatic heterocycles. The number of hydrogen-bond acceptors (Lipinski definition) is 4. The highest BCUT2D eigenvalue weighted by atomic mass is 35.6. The second-order valence-electron chi connectivity index (χ2n) is 7.05. The van der Waals surface area contributed by atoms with Crippen molar-refractivity contribution in [3.63, 3.8) is 0 Å². The summed E-state index contributed by atoms with van der Waals surface area (Å²) in [6, 6.07) is 0. The third-order valence-electron chi connectivity index (χ3n) is 5.30. The Morgan fingerprint density at radius 1 is 0.800 bits per heavy atom. The molecular weight excluding hydrogens is 591 g/mol. The molecule has 0 aromatic carbocycles. The summed E-state index contributed by atoms with van der Waals surface area (Å²) in [4.78, 5) is 37.7. The van der Waals surface area contributed by atoms with Gasteiger partial charge in [0.15, 0.2) is 0 Å². The van der Waals surface area contributed by atoms with Crippen molar-refractivity contribution in [3.05, 3.63) is 0 Å². The third-order valence-corrected chi connectivity index (χ3v) is 8.72. The van der Waals surface area contributed by atoms with E-state index in [0.29, 0.717) is 0 Å². The van der Waals surface area contributed by atoms with Gasteiger partial charge >= 0.3 is 11.9 Å². The number of hydrogen-bond donors (Lipinski definition) is 1. The number of aliphatic carboxylic acids is 1. The van der Waals surface area contributed by atoms with Crippen molar-refractivity contribution in [3.8, 4) is 0 Å². The molecule has 0 saturated heterocycles. The van der Waals surface area contributed by atoms with Gasteiger partial charge < -0.3 is 9.84 Å². The minimum absolute atomic E-state index is 0.115. The normalized spacial score (nSPS) is 19.2. The summed E-state index contributed by atoms with van der Waals surface area (Å²) >= 11 is 54.6. The van der Waals surface area contributed by atoms with E-state index in [-0.39, 0.29) is 6.42 Å². The molecule has 176 valence electrons. The molecule has 5 nitrogen and oxygen atoms in total. The van der Waals surface area contributed by atoms with E-state index in [1.54, 1.807) is 0 Å². The van der Waals surface area contributed by atoms with Crippen LogP contribution in [-0.2, 0) is 19.1 Å². The summed E-state index contributed by atoms with van der Waals surface area (Å²) in [7, 11) is 0.970. The van der Waals surface area contributed by atoms with Crippen LogP contribution in [0, 0.1) is 16.2 Å². The maximum absolute atomic E-state index is 13.0.